The van der Waals surface area contributed by atoms with Crippen LogP contribution in [0.25, 0.3) is 16.8 Å². The molecule has 0 saturated heterocycles. The first-order valence-corrected chi connectivity index (χ1v) is 9.25. The Morgan fingerprint density at radius 3 is 2.91 bits per heavy atom. The summed E-state index contributed by atoms with van der Waals surface area (Å²) in [6.07, 6.45) is 9.72. The molecule has 1 fully saturated rings. The Morgan fingerprint density at radius 1 is 1.30 bits per heavy atom. The molecule has 23 heavy (non-hydrogen) atoms. The van der Waals surface area contributed by atoms with Crippen molar-refractivity contribution in [1.82, 2.24) is 9.38 Å². The number of hydrogen-bond donors (Lipinski definition) is 0. The number of nitrogens with zero attached hydrogens (tertiary/aromatic N) is 3. The van der Waals surface area contributed by atoms with Gasteiger partial charge in [0.2, 0.25) is 0 Å². The van der Waals surface area contributed by atoms with Crippen LogP contribution in [0.1, 0.15) is 24.8 Å². The third-order valence-corrected chi connectivity index (χ3v) is 6.10. The number of halogens is 1. The van der Waals surface area contributed by atoms with Crippen LogP contribution < -0.4 is 0 Å². The molecule has 0 spiro atoms. The molecule has 114 valence electrons. The number of rotatable bonds is 3. The fraction of sp³-hybridized carbons (Fsp3) is 0.222. The Labute approximate surface area is 147 Å². The van der Waals surface area contributed by atoms with Gasteiger partial charge in [0, 0.05) is 38.8 Å². The third-order valence-electron chi connectivity index (χ3n) is 4.25. The maximum Gasteiger partial charge on any atom is 0.101 e. The standard InChI is InChI=1S/C18H14BrN3S/c19-13-8-17-12(9-20)4-5-16(22(17)11-13)15-10-21-7-6-18(15)23-14-2-1-3-14/h4-8,10-11,14H,1-3H2. The molecule has 0 N–H and O–H groups in total. The summed E-state index contributed by atoms with van der Waals surface area (Å²) in [6.45, 7) is 0. The van der Waals surface area contributed by atoms with Gasteiger partial charge in [0.1, 0.15) is 6.07 Å². The van der Waals surface area contributed by atoms with E-state index in [-0.39, 0.29) is 0 Å². The monoisotopic (exact) mass is 383 g/mol. The summed E-state index contributed by atoms with van der Waals surface area (Å²) >= 11 is 5.47. The molecule has 3 heterocycles. The molecular formula is C18H14BrN3S. The molecule has 0 unspecified atom stereocenters. The highest BCUT2D eigenvalue weighted by molar-refractivity contribution is 9.10. The van der Waals surface area contributed by atoms with Crippen molar-refractivity contribution >= 4 is 33.2 Å². The van der Waals surface area contributed by atoms with Crippen LogP contribution in [-0.4, -0.2) is 14.6 Å². The van der Waals surface area contributed by atoms with Crippen molar-refractivity contribution in [1.29, 1.82) is 5.26 Å². The molecule has 3 aromatic heterocycles. The Hall–Kier alpha value is -1.77. The lowest BCUT2D eigenvalue weighted by atomic mass is 10.00. The van der Waals surface area contributed by atoms with Gasteiger partial charge in [0.25, 0.3) is 0 Å². The number of fused-ring (bicyclic) bond motifs is 1. The lowest BCUT2D eigenvalue weighted by Gasteiger charge is -2.25. The molecule has 1 saturated carbocycles. The second-order valence-corrected chi connectivity index (χ2v) is 7.96. The smallest absolute Gasteiger partial charge is 0.101 e. The van der Waals surface area contributed by atoms with Crippen LogP contribution in [0.3, 0.4) is 0 Å². The number of hydrogen-bond acceptors (Lipinski definition) is 3. The Balaban J connectivity index is 1.88. The molecular weight excluding hydrogens is 370 g/mol. The Morgan fingerprint density at radius 2 is 2.17 bits per heavy atom. The molecule has 0 radical (unpaired) electrons. The Kier molecular flexibility index (Phi) is 3.88. The summed E-state index contributed by atoms with van der Waals surface area (Å²) in [5, 5.41) is 10.0. The predicted octanol–water partition coefficient (Wildman–Crippen LogP) is 5.28. The van der Waals surface area contributed by atoms with Crippen LogP contribution in [0.4, 0.5) is 0 Å². The summed E-state index contributed by atoms with van der Waals surface area (Å²) in [5.41, 5.74) is 3.79. The predicted molar refractivity (Wildman–Crippen MR) is 96.5 cm³/mol. The average Bonchev–Trinajstić information content (AvgIpc) is 2.92. The summed E-state index contributed by atoms with van der Waals surface area (Å²) in [6, 6.07) is 10.3. The van der Waals surface area contributed by atoms with Crippen molar-refractivity contribution < 1.29 is 0 Å². The molecule has 0 amide bonds. The van der Waals surface area contributed by atoms with Crippen LogP contribution in [-0.2, 0) is 0 Å². The maximum absolute atomic E-state index is 9.32. The fourth-order valence-corrected chi connectivity index (χ4v) is 4.60. The second kappa shape index (κ2) is 6.03. The van der Waals surface area contributed by atoms with E-state index in [9.17, 15) is 5.26 Å². The van der Waals surface area contributed by atoms with E-state index < -0.39 is 0 Å². The van der Waals surface area contributed by atoms with E-state index >= 15 is 0 Å². The first kappa shape index (κ1) is 14.8. The minimum Gasteiger partial charge on any atom is -0.314 e. The molecule has 0 bridgehead atoms. The molecule has 3 nitrogen and oxygen atoms in total. The topological polar surface area (TPSA) is 41.1 Å². The van der Waals surface area contributed by atoms with E-state index in [1.165, 1.54) is 24.2 Å². The van der Waals surface area contributed by atoms with Crippen molar-refractivity contribution in [3.05, 3.63) is 52.9 Å². The normalized spacial score (nSPS) is 14.6. The van der Waals surface area contributed by atoms with E-state index in [0.717, 1.165) is 26.5 Å². The molecule has 1 aliphatic rings. The van der Waals surface area contributed by atoms with E-state index in [2.05, 4.69) is 37.5 Å². The van der Waals surface area contributed by atoms with E-state index in [1.54, 1.807) is 0 Å². The lowest BCUT2D eigenvalue weighted by Crippen LogP contribution is -2.13. The van der Waals surface area contributed by atoms with Crippen LogP contribution in [0.5, 0.6) is 0 Å². The number of nitriles is 1. The van der Waals surface area contributed by atoms with Gasteiger partial charge in [-0.1, -0.05) is 6.42 Å². The Bertz CT molecular complexity index is 922. The van der Waals surface area contributed by atoms with Crippen molar-refractivity contribution in [3.8, 4) is 17.3 Å². The first-order chi connectivity index (χ1) is 11.3. The zero-order chi connectivity index (χ0) is 15.8. The highest BCUT2D eigenvalue weighted by Crippen LogP contribution is 2.40. The van der Waals surface area contributed by atoms with Gasteiger partial charge in [0.15, 0.2) is 0 Å². The van der Waals surface area contributed by atoms with E-state index in [0.29, 0.717) is 5.56 Å². The minimum atomic E-state index is 0.677. The largest absolute Gasteiger partial charge is 0.314 e. The highest BCUT2D eigenvalue weighted by Gasteiger charge is 2.21. The highest BCUT2D eigenvalue weighted by atomic mass is 79.9. The van der Waals surface area contributed by atoms with Gasteiger partial charge in [-0.05, 0) is 53.0 Å². The lowest BCUT2D eigenvalue weighted by molar-refractivity contribution is 0.522. The SMILES string of the molecule is N#Cc1ccc(-c2cnccc2SC2CCC2)n2cc(Br)cc12. The molecule has 5 heteroatoms. The second-order valence-electron chi connectivity index (χ2n) is 5.70. The molecule has 4 rings (SSSR count). The number of thioether (sulfide) groups is 1. The van der Waals surface area contributed by atoms with Crippen molar-refractivity contribution in [2.45, 2.75) is 29.4 Å². The van der Waals surface area contributed by atoms with E-state index in [4.69, 9.17) is 0 Å². The van der Waals surface area contributed by atoms with Gasteiger partial charge >= 0.3 is 0 Å². The zero-order valence-corrected chi connectivity index (χ0v) is 14.8. The van der Waals surface area contributed by atoms with Gasteiger partial charge in [-0.25, -0.2) is 0 Å². The minimum absolute atomic E-state index is 0.677. The van der Waals surface area contributed by atoms with Crippen molar-refractivity contribution in [2.24, 2.45) is 0 Å². The van der Waals surface area contributed by atoms with E-state index in [1.807, 2.05) is 48.6 Å². The summed E-state index contributed by atoms with van der Waals surface area (Å²) in [4.78, 5) is 5.59. The zero-order valence-electron chi connectivity index (χ0n) is 12.4. The van der Waals surface area contributed by atoms with Crippen LogP contribution in [0.2, 0.25) is 0 Å². The maximum atomic E-state index is 9.32. The van der Waals surface area contributed by atoms with Gasteiger partial charge in [-0.2, -0.15) is 5.26 Å². The third kappa shape index (κ3) is 2.66. The molecule has 3 aromatic rings. The molecule has 1 aliphatic carbocycles. The molecule has 0 atom stereocenters. The molecule has 0 aromatic carbocycles. The van der Waals surface area contributed by atoms with Crippen molar-refractivity contribution in [3.63, 3.8) is 0 Å². The van der Waals surface area contributed by atoms with Gasteiger partial charge in [-0.3, -0.25) is 4.98 Å². The van der Waals surface area contributed by atoms with Gasteiger partial charge in [0.05, 0.1) is 16.8 Å². The average molecular weight is 384 g/mol. The summed E-state index contributed by atoms with van der Waals surface area (Å²) in [7, 11) is 0. The fourth-order valence-electron chi connectivity index (χ4n) is 2.82. The van der Waals surface area contributed by atoms with Gasteiger partial charge < -0.3 is 4.40 Å². The number of pyridine rings is 2. The van der Waals surface area contributed by atoms with Crippen molar-refractivity contribution in [2.75, 3.05) is 0 Å². The summed E-state index contributed by atoms with van der Waals surface area (Å²) < 4.78 is 3.04. The first-order valence-electron chi connectivity index (χ1n) is 7.58. The quantitative estimate of drug-likeness (QED) is 0.617. The van der Waals surface area contributed by atoms with Crippen LogP contribution >= 0.6 is 27.7 Å². The van der Waals surface area contributed by atoms with Crippen LogP contribution in [0.15, 0.2) is 52.2 Å². The van der Waals surface area contributed by atoms with Crippen LogP contribution in [0, 0.1) is 11.3 Å². The summed E-state index contributed by atoms with van der Waals surface area (Å²) in [5.74, 6) is 0. The van der Waals surface area contributed by atoms with Gasteiger partial charge in [-0.15, -0.1) is 11.8 Å². The molecule has 0 aliphatic heterocycles. The number of aromatic nitrogens is 2.